The van der Waals surface area contributed by atoms with E-state index in [1.54, 1.807) is 6.20 Å². The summed E-state index contributed by atoms with van der Waals surface area (Å²) < 4.78 is 4.92. The Bertz CT molecular complexity index is 302. The first-order valence-electron chi connectivity index (χ1n) is 4.54. The Labute approximate surface area is 78.1 Å². The zero-order chi connectivity index (χ0) is 9.84. The molecule has 0 amide bonds. The maximum absolute atomic E-state index is 11.4. The number of nitrogens with one attached hydrogen (secondary N) is 1. The second kappa shape index (κ2) is 4.12. The van der Waals surface area contributed by atoms with Crippen molar-refractivity contribution < 1.29 is 9.53 Å². The molecule has 1 heterocycles. The number of carbonyl (C=O) groups excluding carboxylic acids is 1. The molecule has 0 fully saturated rings. The molecule has 0 aliphatic rings. The first kappa shape index (κ1) is 9.84. The molecule has 1 N–H and O–H groups in total. The lowest BCUT2D eigenvalue weighted by molar-refractivity contribution is 0.0525. The molecule has 0 spiro atoms. The molecule has 3 heteroatoms. The van der Waals surface area contributed by atoms with Crippen molar-refractivity contribution >= 4 is 5.97 Å². The van der Waals surface area contributed by atoms with E-state index in [1.165, 1.54) is 0 Å². The number of carbonyl (C=O) groups is 1. The largest absolute Gasteiger partial charge is 0.462 e. The van der Waals surface area contributed by atoms with Crippen LogP contribution in [0.15, 0.2) is 6.20 Å². The van der Waals surface area contributed by atoms with Crippen LogP contribution in [0.25, 0.3) is 0 Å². The van der Waals surface area contributed by atoms with Crippen LogP contribution in [-0.2, 0) is 11.2 Å². The summed E-state index contributed by atoms with van der Waals surface area (Å²) in [4.78, 5) is 14.4. The summed E-state index contributed by atoms with van der Waals surface area (Å²) >= 11 is 0. The van der Waals surface area contributed by atoms with E-state index >= 15 is 0 Å². The van der Waals surface area contributed by atoms with Gasteiger partial charge in [0.25, 0.3) is 0 Å². The summed E-state index contributed by atoms with van der Waals surface area (Å²) in [5.41, 5.74) is 2.77. The summed E-state index contributed by atoms with van der Waals surface area (Å²) in [5.74, 6) is -0.233. The van der Waals surface area contributed by atoms with Crippen LogP contribution in [0.1, 0.15) is 35.5 Å². The monoisotopic (exact) mass is 181 g/mol. The average molecular weight is 181 g/mol. The molecule has 0 saturated carbocycles. The SMILES string of the molecule is CCOC(=O)c1c[nH]c(C)c1CC. The summed E-state index contributed by atoms with van der Waals surface area (Å²) in [7, 11) is 0. The topological polar surface area (TPSA) is 42.1 Å². The highest BCUT2D eigenvalue weighted by Crippen LogP contribution is 2.14. The molecule has 0 radical (unpaired) electrons. The zero-order valence-corrected chi connectivity index (χ0v) is 8.31. The number of H-pyrrole nitrogens is 1. The van der Waals surface area contributed by atoms with Gasteiger partial charge in [0.15, 0.2) is 0 Å². The predicted molar refractivity (Wildman–Crippen MR) is 50.9 cm³/mol. The van der Waals surface area contributed by atoms with E-state index in [9.17, 15) is 4.79 Å². The van der Waals surface area contributed by atoms with Gasteiger partial charge in [-0.25, -0.2) is 4.79 Å². The van der Waals surface area contributed by atoms with Crippen LogP contribution >= 0.6 is 0 Å². The first-order chi connectivity index (χ1) is 6.20. The number of aromatic nitrogens is 1. The third-order valence-corrected chi connectivity index (χ3v) is 2.06. The van der Waals surface area contributed by atoms with Crippen molar-refractivity contribution in [2.45, 2.75) is 27.2 Å². The molecule has 3 nitrogen and oxygen atoms in total. The smallest absolute Gasteiger partial charge is 0.339 e. The van der Waals surface area contributed by atoms with Crippen molar-refractivity contribution in [3.63, 3.8) is 0 Å². The molecular formula is C10H15NO2. The molecule has 1 rings (SSSR count). The van der Waals surface area contributed by atoms with Gasteiger partial charge in [-0.1, -0.05) is 6.92 Å². The van der Waals surface area contributed by atoms with Crippen molar-refractivity contribution in [2.75, 3.05) is 6.61 Å². The Hall–Kier alpha value is -1.25. The van der Waals surface area contributed by atoms with E-state index in [0.29, 0.717) is 12.2 Å². The Morgan fingerprint density at radius 3 is 2.77 bits per heavy atom. The zero-order valence-electron chi connectivity index (χ0n) is 8.31. The first-order valence-corrected chi connectivity index (χ1v) is 4.54. The number of aryl methyl sites for hydroxylation is 1. The average Bonchev–Trinajstić information content (AvgIpc) is 2.47. The maximum atomic E-state index is 11.4. The minimum Gasteiger partial charge on any atom is -0.462 e. The van der Waals surface area contributed by atoms with E-state index in [4.69, 9.17) is 4.74 Å². The van der Waals surface area contributed by atoms with Gasteiger partial charge in [-0.15, -0.1) is 0 Å². The number of hydrogen-bond donors (Lipinski definition) is 1. The van der Waals surface area contributed by atoms with Gasteiger partial charge in [-0.2, -0.15) is 0 Å². The van der Waals surface area contributed by atoms with Crippen LogP contribution in [0.3, 0.4) is 0 Å². The lowest BCUT2D eigenvalue weighted by Crippen LogP contribution is -2.05. The molecule has 1 aromatic heterocycles. The van der Waals surface area contributed by atoms with Crippen molar-refractivity contribution in [2.24, 2.45) is 0 Å². The molecule has 0 atom stereocenters. The van der Waals surface area contributed by atoms with Gasteiger partial charge < -0.3 is 9.72 Å². The van der Waals surface area contributed by atoms with Crippen LogP contribution in [0.2, 0.25) is 0 Å². The molecule has 0 unspecified atom stereocenters. The quantitative estimate of drug-likeness (QED) is 0.725. The molecule has 1 aromatic rings. The standard InChI is InChI=1S/C10H15NO2/c1-4-8-7(3)11-6-9(8)10(12)13-5-2/h6,11H,4-5H2,1-3H3. The summed E-state index contributed by atoms with van der Waals surface area (Å²) in [6.45, 7) is 6.22. The van der Waals surface area contributed by atoms with E-state index < -0.39 is 0 Å². The molecule has 0 bridgehead atoms. The van der Waals surface area contributed by atoms with Crippen molar-refractivity contribution in [1.29, 1.82) is 0 Å². The highest BCUT2D eigenvalue weighted by molar-refractivity contribution is 5.91. The minimum absolute atomic E-state index is 0.233. The fourth-order valence-electron chi connectivity index (χ4n) is 1.40. The summed E-state index contributed by atoms with van der Waals surface area (Å²) in [6, 6.07) is 0. The van der Waals surface area contributed by atoms with Gasteiger partial charge in [-0.3, -0.25) is 0 Å². The Morgan fingerprint density at radius 1 is 1.54 bits per heavy atom. The molecule has 72 valence electrons. The van der Waals surface area contributed by atoms with Gasteiger partial charge in [0.05, 0.1) is 12.2 Å². The Morgan fingerprint density at radius 2 is 2.23 bits per heavy atom. The second-order valence-electron chi connectivity index (χ2n) is 2.88. The maximum Gasteiger partial charge on any atom is 0.339 e. The van der Waals surface area contributed by atoms with Crippen LogP contribution in [0, 0.1) is 6.92 Å². The van der Waals surface area contributed by atoms with Gasteiger partial charge in [0.2, 0.25) is 0 Å². The van der Waals surface area contributed by atoms with E-state index in [1.807, 2.05) is 20.8 Å². The minimum atomic E-state index is -0.233. The van der Waals surface area contributed by atoms with Crippen molar-refractivity contribution in [1.82, 2.24) is 4.98 Å². The molecular weight excluding hydrogens is 166 g/mol. The van der Waals surface area contributed by atoms with Crippen molar-refractivity contribution in [3.8, 4) is 0 Å². The van der Waals surface area contributed by atoms with Gasteiger partial charge >= 0.3 is 5.97 Å². The molecule has 0 saturated heterocycles. The van der Waals surface area contributed by atoms with Crippen LogP contribution in [0.5, 0.6) is 0 Å². The molecule has 13 heavy (non-hydrogen) atoms. The third kappa shape index (κ3) is 1.91. The highest BCUT2D eigenvalue weighted by atomic mass is 16.5. The molecule has 0 aliphatic carbocycles. The molecule has 0 aromatic carbocycles. The molecule has 0 aliphatic heterocycles. The Kier molecular flexibility index (Phi) is 3.12. The predicted octanol–water partition coefficient (Wildman–Crippen LogP) is 2.06. The third-order valence-electron chi connectivity index (χ3n) is 2.06. The van der Waals surface area contributed by atoms with Crippen LogP contribution in [-0.4, -0.2) is 17.6 Å². The fourth-order valence-corrected chi connectivity index (χ4v) is 1.40. The van der Waals surface area contributed by atoms with E-state index in [0.717, 1.165) is 17.7 Å². The van der Waals surface area contributed by atoms with Crippen LogP contribution < -0.4 is 0 Å². The number of aromatic amines is 1. The van der Waals surface area contributed by atoms with Gasteiger partial charge in [-0.05, 0) is 25.8 Å². The van der Waals surface area contributed by atoms with Gasteiger partial charge in [0, 0.05) is 11.9 Å². The van der Waals surface area contributed by atoms with Gasteiger partial charge in [0.1, 0.15) is 0 Å². The normalized spacial score (nSPS) is 10.1. The second-order valence-corrected chi connectivity index (χ2v) is 2.88. The van der Waals surface area contributed by atoms with Crippen LogP contribution in [0.4, 0.5) is 0 Å². The number of ether oxygens (including phenoxy) is 1. The lowest BCUT2D eigenvalue weighted by atomic mass is 10.1. The van der Waals surface area contributed by atoms with E-state index in [-0.39, 0.29) is 5.97 Å². The lowest BCUT2D eigenvalue weighted by Gasteiger charge is -2.01. The number of esters is 1. The Balaban J connectivity index is 2.93. The van der Waals surface area contributed by atoms with Crippen molar-refractivity contribution in [3.05, 3.63) is 23.0 Å². The summed E-state index contributed by atoms with van der Waals surface area (Å²) in [5, 5.41) is 0. The fraction of sp³-hybridized carbons (Fsp3) is 0.500. The summed E-state index contributed by atoms with van der Waals surface area (Å²) in [6.07, 6.45) is 2.57. The number of hydrogen-bond acceptors (Lipinski definition) is 2. The number of rotatable bonds is 3. The van der Waals surface area contributed by atoms with E-state index in [2.05, 4.69) is 4.98 Å². The highest BCUT2D eigenvalue weighted by Gasteiger charge is 2.14.